The molecule has 0 atom stereocenters. The van der Waals surface area contributed by atoms with E-state index < -0.39 is 11.9 Å². The highest BCUT2D eigenvalue weighted by atomic mass is 16.4. The quantitative estimate of drug-likeness (QED) is 0.441. The Balaban J connectivity index is 4.67. The fourth-order valence-electron chi connectivity index (χ4n) is 0.679. The van der Waals surface area contributed by atoms with Crippen LogP contribution in [0.5, 0.6) is 0 Å². The summed E-state index contributed by atoms with van der Waals surface area (Å²) in [5.74, 6) is -2.26. The molecule has 0 fully saturated rings. The minimum absolute atomic E-state index is 0.00126. The van der Waals surface area contributed by atoms with Crippen LogP contribution in [0.3, 0.4) is 0 Å². The van der Waals surface area contributed by atoms with E-state index in [0.29, 0.717) is 0 Å². The summed E-state index contributed by atoms with van der Waals surface area (Å²) < 4.78 is 0. The van der Waals surface area contributed by atoms with Gasteiger partial charge in [0.2, 0.25) is 0 Å². The van der Waals surface area contributed by atoms with E-state index in [1.54, 1.807) is 0 Å². The number of carbonyl (C=O) groups is 2. The van der Waals surface area contributed by atoms with Crippen LogP contribution in [-0.4, -0.2) is 33.9 Å². The molecule has 0 aromatic rings. The molecule has 0 spiro atoms. The predicted molar refractivity (Wildman–Crippen MR) is 48.8 cm³/mol. The van der Waals surface area contributed by atoms with Gasteiger partial charge >= 0.3 is 11.9 Å². The summed E-state index contributed by atoms with van der Waals surface area (Å²) in [6, 6.07) is 0. The van der Waals surface area contributed by atoms with Gasteiger partial charge in [0.25, 0.3) is 0 Å². The second kappa shape index (κ2) is 5.93. The Morgan fingerprint density at radius 1 is 1.14 bits per heavy atom. The van der Waals surface area contributed by atoms with Crippen molar-refractivity contribution in [2.75, 3.05) is 6.61 Å². The lowest BCUT2D eigenvalue weighted by Crippen LogP contribution is -2.02. The Hall–Kier alpha value is -1.62. The van der Waals surface area contributed by atoms with Crippen molar-refractivity contribution < 1.29 is 24.9 Å². The van der Waals surface area contributed by atoms with E-state index in [1.165, 1.54) is 19.1 Å². The Morgan fingerprint density at radius 2 is 1.71 bits per heavy atom. The molecule has 14 heavy (non-hydrogen) atoms. The Bertz CT molecular complexity index is 288. The number of aliphatic hydroxyl groups excluding tert-OH is 1. The summed E-state index contributed by atoms with van der Waals surface area (Å²) in [5, 5.41) is 25.6. The van der Waals surface area contributed by atoms with Gasteiger partial charge in [0.15, 0.2) is 0 Å². The van der Waals surface area contributed by atoms with Crippen LogP contribution in [0.2, 0.25) is 0 Å². The number of hydrogen-bond donors (Lipinski definition) is 3. The molecule has 0 aromatic heterocycles. The number of allylic oxidation sites excluding steroid dienone is 2. The van der Waals surface area contributed by atoms with Crippen LogP contribution < -0.4 is 0 Å². The van der Waals surface area contributed by atoms with Crippen molar-refractivity contribution >= 4 is 11.9 Å². The molecule has 0 amide bonds. The lowest BCUT2D eigenvalue weighted by molar-refractivity contribution is -0.133. The lowest BCUT2D eigenvalue weighted by Gasteiger charge is -1.97. The first kappa shape index (κ1) is 12.4. The Morgan fingerprint density at radius 3 is 2.07 bits per heavy atom. The maximum Gasteiger partial charge on any atom is 0.331 e. The zero-order chi connectivity index (χ0) is 11.1. The van der Waals surface area contributed by atoms with Gasteiger partial charge in [-0.25, -0.2) is 9.59 Å². The van der Waals surface area contributed by atoms with Crippen LogP contribution >= 0.6 is 0 Å². The fraction of sp³-hybridized carbons (Fsp3) is 0.333. The molecular formula is C9H12O5. The highest BCUT2D eigenvalue weighted by Crippen LogP contribution is 2.03. The van der Waals surface area contributed by atoms with Crippen molar-refractivity contribution in [1.29, 1.82) is 0 Å². The van der Waals surface area contributed by atoms with E-state index in [9.17, 15) is 9.59 Å². The van der Waals surface area contributed by atoms with Gasteiger partial charge in [-0.3, -0.25) is 0 Å². The van der Waals surface area contributed by atoms with E-state index >= 15 is 0 Å². The van der Waals surface area contributed by atoms with Crippen LogP contribution in [-0.2, 0) is 9.59 Å². The number of carboxylic acid groups (broad SMARTS) is 2. The first-order valence-electron chi connectivity index (χ1n) is 3.94. The highest BCUT2D eigenvalue weighted by Gasteiger charge is 2.05. The molecule has 0 saturated heterocycles. The molecule has 0 heterocycles. The summed E-state index contributed by atoms with van der Waals surface area (Å²) in [5.41, 5.74) is 0.0230. The van der Waals surface area contributed by atoms with Gasteiger partial charge in [-0.15, -0.1) is 0 Å². The molecule has 0 rings (SSSR count). The van der Waals surface area contributed by atoms with Crippen LogP contribution in [0.1, 0.15) is 13.3 Å². The predicted octanol–water partition coefficient (Wildman–Crippen LogP) is 0.411. The van der Waals surface area contributed by atoms with E-state index in [0.717, 1.165) is 0 Å². The summed E-state index contributed by atoms with van der Waals surface area (Å²) in [7, 11) is 0. The molecule has 0 aliphatic heterocycles. The second-order valence-corrected chi connectivity index (χ2v) is 2.63. The molecule has 0 aliphatic rings. The maximum absolute atomic E-state index is 10.5. The number of aliphatic carboxylic acids is 2. The standard InChI is InChI=1S/C9H12O5/c1-6(8(11)12)2-3-7(4-5-10)9(13)14/h2-3,10H,4-5H2,1H3,(H,11,12)(H,13,14). The Kier molecular flexibility index (Phi) is 5.24. The van der Waals surface area contributed by atoms with Crippen molar-refractivity contribution in [1.82, 2.24) is 0 Å². The average molecular weight is 200 g/mol. The maximum atomic E-state index is 10.5. The van der Waals surface area contributed by atoms with Gasteiger partial charge in [0, 0.05) is 24.2 Å². The third-order valence-corrected chi connectivity index (χ3v) is 1.53. The zero-order valence-electron chi connectivity index (χ0n) is 7.73. The molecule has 5 nitrogen and oxygen atoms in total. The zero-order valence-corrected chi connectivity index (χ0v) is 7.73. The normalized spacial score (nSPS) is 12.7. The van der Waals surface area contributed by atoms with Crippen LogP contribution in [0.15, 0.2) is 23.3 Å². The van der Waals surface area contributed by atoms with E-state index in [-0.39, 0.29) is 24.2 Å². The third kappa shape index (κ3) is 4.42. The third-order valence-electron chi connectivity index (χ3n) is 1.53. The van der Waals surface area contributed by atoms with Crippen molar-refractivity contribution in [2.45, 2.75) is 13.3 Å². The first-order valence-corrected chi connectivity index (χ1v) is 3.94. The average Bonchev–Trinajstić information content (AvgIpc) is 2.10. The summed E-state index contributed by atoms with van der Waals surface area (Å²) >= 11 is 0. The van der Waals surface area contributed by atoms with Gasteiger partial charge in [0.1, 0.15) is 0 Å². The Labute approximate surface area is 81.0 Å². The monoisotopic (exact) mass is 200 g/mol. The summed E-state index contributed by atoms with van der Waals surface area (Å²) in [6.07, 6.45) is 2.38. The molecular weight excluding hydrogens is 188 g/mol. The lowest BCUT2D eigenvalue weighted by atomic mass is 10.1. The minimum atomic E-state index is -1.16. The minimum Gasteiger partial charge on any atom is -0.478 e. The van der Waals surface area contributed by atoms with E-state index in [4.69, 9.17) is 15.3 Å². The molecule has 0 bridgehead atoms. The molecule has 0 unspecified atom stereocenters. The van der Waals surface area contributed by atoms with Gasteiger partial charge in [-0.2, -0.15) is 0 Å². The number of aliphatic hydroxyl groups is 1. The molecule has 0 aliphatic carbocycles. The van der Waals surface area contributed by atoms with Crippen molar-refractivity contribution in [3.05, 3.63) is 23.3 Å². The smallest absolute Gasteiger partial charge is 0.331 e. The van der Waals surface area contributed by atoms with Gasteiger partial charge in [-0.1, -0.05) is 12.2 Å². The second-order valence-electron chi connectivity index (χ2n) is 2.63. The first-order chi connectivity index (χ1) is 6.49. The highest BCUT2D eigenvalue weighted by molar-refractivity contribution is 5.89. The largest absolute Gasteiger partial charge is 0.478 e. The number of rotatable bonds is 5. The van der Waals surface area contributed by atoms with Crippen molar-refractivity contribution in [3.8, 4) is 0 Å². The fourth-order valence-corrected chi connectivity index (χ4v) is 0.679. The molecule has 78 valence electrons. The van der Waals surface area contributed by atoms with Gasteiger partial charge in [-0.05, 0) is 6.92 Å². The van der Waals surface area contributed by atoms with Gasteiger partial charge in [0.05, 0.1) is 0 Å². The van der Waals surface area contributed by atoms with Crippen LogP contribution in [0, 0.1) is 0 Å². The summed E-state index contributed by atoms with van der Waals surface area (Å²) in [4.78, 5) is 20.9. The van der Waals surface area contributed by atoms with Crippen molar-refractivity contribution in [2.24, 2.45) is 0 Å². The molecule has 0 radical (unpaired) electrons. The van der Waals surface area contributed by atoms with Crippen molar-refractivity contribution in [3.63, 3.8) is 0 Å². The number of hydrogen-bond acceptors (Lipinski definition) is 3. The van der Waals surface area contributed by atoms with Gasteiger partial charge < -0.3 is 15.3 Å². The molecule has 3 N–H and O–H groups in total. The number of carboxylic acids is 2. The van der Waals surface area contributed by atoms with Crippen LogP contribution in [0.25, 0.3) is 0 Å². The SMILES string of the molecule is CC(=CC=C(CCO)C(=O)O)C(=O)O. The molecule has 5 heteroatoms. The summed E-state index contributed by atoms with van der Waals surface area (Å²) in [6.45, 7) is 1.08. The van der Waals surface area contributed by atoms with E-state index in [2.05, 4.69) is 0 Å². The van der Waals surface area contributed by atoms with Crippen LogP contribution in [0.4, 0.5) is 0 Å². The molecule has 0 saturated carbocycles. The van der Waals surface area contributed by atoms with E-state index in [1.807, 2.05) is 0 Å². The topological polar surface area (TPSA) is 94.8 Å². The molecule has 0 aromatic carbocycles.